The standard InChI is InChI=1S/C12H15NO3/c1-2-5-11(14)13-10-7-4-3-6-9(10)8-12(15)16/h3-4,6-7H,2,5,8H2,1H3,(H,13,14)(H,15,16). The van der Waals surface area contributed by atoms with Crippen LogP contribution in [0.3, 0.4) is 0 Å². The second kappa shape index (κ2) is 5.90. The summed E-state index contributed by atoms with van der Waals surface area (Å²) in [4.78, 5) is 22.0. The number of carbonyl (C=O) groups excluding carboxylic acids is 1. The van der Waals surface area contributed by atoms with Crippen molar-refractivity contribution in [2.75, 3.05) is 5.32 Å². The molecule has 1 aromatic rings. The van der Waals surface area contributed by atoms with E-state index in [0.717, 1.165) is 6.42 Å². The Morgan fingerprint density at radius 1 is 1.31 bits per heavy atom. The monoisotopic (exact) mass is 221 g/mol. The number of anilines is 1. The van der Waals surface area contributed by atoms with Crippen LogP contribution in [0.2, 0.25) is 0 Å². The lowest BCUT2D eigenvalue weighted by Crippen LogP contribution is -2.13. The Balaban J connectivity index is 2.78. The average molecular weight is 221 g/mol. The van der Waals surface area contributed by atoms with E-state index in [0.29, 0.717) is 17.7 Å². The Labute approximate surface area is 94.3 Å². The molecule has 0 radical (unpaired) electrons. The molecule has 2 N–H and O–H groups in total. The van der Waals surface area contributed by atoms with E-state index in [-0.39, 0.29) is 12.3 Å². The minimum Gasteiger partial charge on any atom is -0.481 e. The minimum atomic E-state index is -0.905. The van der Waals surface area contributed by atoms with Gasteiger partial charge in [-0.25, -0.2) is 0 Å². The molecule has 1 amide bonds. The molecule has 0 aliphatic rings. The van der Waals surface area contributed by atoms with E-state index in [4.69, 9.17) is 5.11 Å². The van der Waals surface area contributed by atoms with Gasteiger partial charge in [0.15, 0.2) is 0 Å². The highest BCUT2D eigenvalue weighted by atomic mass is 16.4. The first-order valence-corrected chi connectivity index (χ1v) is 5.23. The van der Waals surface area contributed by atoms with Gasteiger partial charge in [0.2, 0.25) is 5.91 Å². The van der Waals surface area contributed by atoms with Gasteiger partial charge >= 0.3 is 5.97 Å². The van der Waals surface area contributed by atoms with Crippen LogP contribution in [0.1, 0.15) is 25.3 Å². The molecule has 86 valence electrons. The van der Waals surface area contributed by atoms with Gasteiger partial charge in [-0.05, 0) is 18.1 Å². The fourth-order valence-corrected chi connectivity index (χ4v) is 1.40. The van der Waals surface area contributed by atoms with Crippen molar-refractivity contribution < 1.29 is 14.7 Å². The predicted octanol–water partition coefficient (Wildman–Crippen LogP) is 2.05. The molecule has 16 heavy (non-hydrogen) atoms. The Morgan fingerprint density at radius 2 is 2.00 bits per heavy atom. The maximum absolute atomic E-state index is 11.4. The molecule has 0 unspecified atom stereocenters. The molecule has 1 rings (SSSR count). The number of hydrogen-bond acceptors (Lipinski definition) is 2. The lowest BCUT2D eigenvalue weighted by molar-refractivity contribution is -0.136. The SMILES string of the molecule is CCCC(=O)Nc1ccccc1CC(=O)O. The van der Waals surface area contributed by atoms with Crippen LogP contribution in [0.4, 0.5) is 5.69 Å². The number of carboxylic acids is 1. The van der Waals surface area contributed by atoms with E-state index in [1.807, 2.05) is 6.92 Å². The zero-order valence-electron chi connectivity index (χ0n) is 9.19. The molecule has 0 saturated carbocycles. The number of benzene rings is 1. The minimum absolute atomic E-state index is 0.0808. The summed E-state index contributed by atoms with van der Waals surface area (Å²) in [5.74, 6) is -0.988. The summed E-state index contributed by atoms with van der Waals surface area (Å²) in [6.45, 7) is 1.92. The normalized spacial score (nSPS) is 9.81. The third-order valence-corrected chi connectivity index (χ3v) is 2.11. The van der Waals surface area contributed by atoms with Crippen molar-refractivity contribution >= 4 is 17.6 Å². The van der Waals surface area contributed by atoms with Crippen LogP contribution in [-0.2, 0) is 16.0 Å². The average Bonchev–Trinajstić information content (AvgIpc) is 2.20. The van der Waals surface area contributed by atoms with Crippen LogP contribution in [0.15, 0.2) is 24.3 Å². The highest BCUT2D eigenvalue weighted by Gasteiger charge is 2.08. The van der Waals surface area contributed by atoms with Gasteiger partial charge in [-0.2, -0.15) is 0 Å². The summed E-state index contributed by atoms with van der Waals surface area (Å²) in [6.07, 6.45) is 1.14. The number of hydrogen-bond donors (Lipinski definition) is 2. The van der Waals surface area contributed by atoms with Crippen LogP contribution in [0.25, 0.3) is 0 Å². The second-order valence-corrected chi connectivity index (χ2v) is 3.53. The summed E-state index contributed by atoms with van der Waals surface area (Å²) in [5, 5.41) is 11.4. The van der Waals surface area contributed by atoms with Gasteiger partial charge < -0.3 is 10.4 Å². The summed E-state index contributed by atoms with van der Waals surface area (Å²) in [7, 11) is 0. The van der Waals surface area contributed by atoms with Crippen LogP contribution < -0.4 is 5.32 Å². The van der Waals surface area contributed by atoms with Gasteiger partial charge in [0, 0.05) is 12.1 Å². The van der Waals surface area contributed by atoms with Crippen molar-refractivity contribution in [2.24, 2.45) is 0 Å². The van der Waals surface area contributed by atoms with Gasteiger partial charge in [-0.15, -0.1) is 0 Å². The van der Waals surface area contributed by atoms with Gasteiger partial charge in [0.05, 0.1) is 6.42 Å². The van der Waals surface area contributed by atoms with Crippen LogP contribution in [0.5, 0.6) is 0 Å². The first kappa shape index (κ1) is 12.2. The number of nitrogens with one attached hydrogen (secondary N) is 1. The largest absolute Gasteiger partial charge is 0.481 e. The third-order valence-electron chi connectivity index (χ3n) is 2.11. The zero-order valence-corrected chi connectivity index (χ0v) is 9.19. The van der Waals surface area contributed by atoms with Gasteiger partial charge in [0.25, 0.3) is 0 Å². The predicted molar refractivity (Wildman–Crippen MR) is 61.3 cm³/mol. The molecule has 0 aromatic heterocycles. The van der Waals surface area contributed by atoms with E-state index < -0.39 is 5.97 Å². The molecule has 0 aliphatic carbocycles. The smallest absolute Gasteiger partial charge is 0.307 e. The Hall–Kier alpha value is -1.84. The van der Waals surface area contributed by atoms with E-state index in [2.05, 4.69) is 5.32 Å². The third kappa shape index (κ3) is 3.73. The number of carbonyl (C=O) groups is 2. The molecule has 1 aromatic carbocycles. The zero-order chi connectivity index (χ0) is 12.0. The van der Waals surface area contributed by atoms with Crippen LogP contribution >= 0.6 is 0 Å². The second-order valence-electron chi connectivity index (χ2n) is 3.53. The lowest BCUT2D eigenvalue weighted by Gasteiger charge is -2.08. The summed E-state index contributed by atoms with van der Waals surface area (Å²) < 4.78 is 0. The molecule has 0 heterocycles. The number of rotatable bonds is 5. The molecule has 4 nitrogen and oxygen atoms in total. The Kier molecular flexibility index (Phi) is 4.51. The molecule has 0 aliphatic heterocycles. The number of aliphatic carboxylic acids is 1. The van der Waals surface area contributed by atoms with Crippen molar-refractivity contribution in [3.05, 3.63) is 29.8 Å². The van der Waals surface area contributed by atoms with E-state index in [1.165, 1.54) is 0 Å². The summed E-state index contributed by atoms with van der Waals surface area (Å²) in [6, 6.07) is 6.95. The van der Waals surface area contributed by atoms with Crippen molar-refractivity contribution in [3.63, 3.8) is 0 Å². The fourth-order valence-electron chi connectivity index (χ4n) is 1.40. The lowest BCUT2D eigenvalue weighted by atomic mass is 10.1. The molecular weight excluding hydrogens is 206 g/mol. The van der Waals surface area contributed by atoms with Crippen molar-refractivity contribution in [1.29, 1.82) is 0 Å². The fraction of sp³-hybridized carbons (Fsp3) is 0.333. The van der Waals surface area contributed by atoms with Crippen molar-refractivity contribution in [2.45, 2.75) is 26.2 Å². The first-order valence-electron chi connectivity index (χ1n) is 5.23. The number of amides is 1. The van der Waals surface area contributed by atoms with E-state index in [1.54, 1.807) is 24.3 Å². The topological polar surface area (TPSA) is 66.4 Å². The van der Waals surface area contributed by atoms with Gasteiger partial charge in [-0.1, -0.05) is 25.1 Å². The highest BCUT2D eigenvalue weighted by molar-refractivity contribution is 5.92. The highest BCUT2D eigenvalue weighted by Crippen LogP contribution is 2.16. The van der Waals surface area contributed by atoms with E-state index >= 15 is 0 Å². The first-order chi connectivity index (χ1) is 7.63. The molecule has 0 atom stereocenters. The van der Waals surface area contributed by atoms with Crippen molar-refractivity contribution in [3.8, 4) is 0 Å². The Bertz CT molecular complexity index is 388. The Morgan fingerprint density at radius 3 is 2.62 bits per heavy atom. The summed E-state index contributed by atoms with van der Waals surface area (Å²) in [5.41, 5.74) is 1.21. The van der Waals surface area contributed by atoms with Crippen molar-refractivity contribution in [1.82, 2.24) is 0 Å². The van der Waals surface area contributed by atoms with Gasteiger partial charge in [0.1, 0.15) is 0 Å². The van der Waals surface area contributed by atoms with Gasteiger partial charge in [-0.3, -0.25) is 9.59 Å². The van der Waals surface area contributed by atoms with Crippen LogP contribution in [0, 0.1) is 0 Å². The molecule has 0 bridgehead atoms. The molecular formula is C12H15NO3. The van der Waals surface area contributed by atoms with E-state index in [9.17, 15) is 9.59 Å². The number of carboxylic acid groups (broad SMARTS) is 1. The number of para-hydroxylation sites is 1. The maximum Gasteiger partial charge on any atom is 0.307 e. The molecule has 0 fully saturated rings. The maximum atomic E-state index is 11.4. The molecule has 4 heteroatoms. The summed E-state index contributed by atoms with van der Waals surface area (Å²) >= 11 is 0. The molecule has 0 spiro atoms. The molecule has 0 saturated heterocycles. The quantitative estimate of drug-likeness (QED) is 0.799. The van der Waals surface area contributed by atoms with Crippen LogP contribution in [-0.4, -0.2) is 17.0 Å².